The van der Waals surface area contributed by atoms with E-state index in [-0.39, 0.29) is 6.09 Å². The molecule has 0 aromatic heterocycles. The Kier molecular flexibility index (Phi) is 6.31. The minimum Gasteiger partial charge on any atom is -0.444 e. The maximum Gasteiger partial charge on any atom is 0.410 e. The zero-order valence-electron chi connectivity index (χ0n) is 14.0. The van der Waals surface area contributed by atoms with Crippen molar-refractivity contribution in [3.8, 4) is 0 Å². The van der Waals surface area contributed by atoms with Crippen molar-refractivity contribution in [2.75, 3.05) is 19.6 Å². The molecule has 0 aromatic rings. The topological polar surface area (TPSA) is 41.6 Å². The van der Waals surface area contributed by atoms with Gasteiger partial charge in [0.05, 0.1) is 0 Å². The number of rotatable bonds is 5. The smallest absolute Gasteiger partial charge is 0.410 e. The van der Waals surface area contributed by atoms with Gasteiger partial charge in [0, 0.05) is 19.1 Å². The maximum absolute atomic E-state index is 12.1. The molecule has 3 atom stereocenters. The third-order valence-corrected chi connectivity index (χ3v) is 4.08. The molecule has 118 valence electrons. The van der Waals surface area contributed by atoms with Gasteiger partial charge in [0.15, 0.2) is 0 Å². The Morgan fingerprint density at radius 1 is 1.40 bits per heavy atom. The highest BCUT2D eigenvalue weighted by Crippen LogP contribution is 2.26. The average Bonchev–Trinajstić information content (AvgIpc) is 2.82. The first-order valence-electron chi connectivity index (χ1n) is 7.99. The molecule has 1 fully saturated rings. The van der Waals surface area contributed by atoms with E-state index >= 15 is 0 Å². The number of ether oxygens (including phenoxy) is 1. The lowest BCUT2D eigenvalue weighted by Gasteiger charge is -2.30. The molecule has 1 rings (SSSR count). The Morgan fingerprint density at radius 3 is 2.55 bits per heavy atom. The Balaban J connectivity index is 2.58. The van der Waals surface area contributed by atoms with E-state index in [2.05, 4.69) is 26.1 Å². The molecule has 3 unspecified atom stereocenters. The summed E-state index contributed by atoms with van der Waals surface area (Å²) in [4.78, 5) is 14.0. The molecule has 1 saturated heterocycles. The summed E-state index contributed by atoms with van der Waals surface area (Å²) in [5, 5.41) is 3.60. The summed E-state index contributed by atoms with van der Waals surface area (Å²) >= 11 is 0. The van der Waals surface area contributed by atoms with Gasteiger partial charge in [0.1, 0.15) is 5.60 Å². The molecule has 0 aliphatic carbocycles. The average molecular weight is 284 g/mol. The molecule has 0 spiro atoms. The lowest BCUT2D eigenvalue weighted by atomic mass is 9.87. The molecule has 4 nitrogen and oxygen atoms in total. The van der Waals surface area contributed by atoms with Crippen LogP contribution in [0, 0.1) is 11.8 Å². The number of nitrogens with zero attached hydrogens (tertiary/aromatic N) is 1. The zero-order valence-corrected chi connectivity index (χ0v) is 14.0. The van der Waals surface area contributed by atoms with Gasteiger partial charge in [-0.3, -0.25) is 0 Å². The number of likely N-dealkylation sites (tertiary alicyclic amines) is 1. The van der Waals surface area contributed by atoms with Gasteiger partial charge in [0.2, 0.25) is 0 Å². The fraction of sp³-hybridized carbons (Fsp3) is 0.938. The van der Waals surface area contributed by atoms with E-state index in [4.69, 9.17) is 4.74 Å². The third kappa shape index (κ3) is 4.97. The van der Waals surface area contributed by atoms with Gasteiger partial charge in [0.25, 0.3) is 0 Å². The van der Waals surface area contributed by atoms with Crippen LogP contribution in [0.15, 0.2) is 0 Å². The predicted molar refractivity (Wildman–Crippen MR) is 82.8 cm³/mol. The van der Waals surface area contributed by atoms with Gasteiger partial charge >= 0.3 is 6.09 Å². The van der Waals surface area contributed by atoms with Crippen molar-refractivity contribution < 1.29 is 9.53 Å². The standard InChI is InChI=1S/C16H32N2O2/c1-7-12(3)14(17-8-2)13-9-10-18(11-13)15(19)20-16(4,5)6/h12-14,17H,7-11H2,1-6H3. The highest BCUT2D eigenvalue weighted by Gasteiger charge is 2.35. The SMILES string of the molecule is CCNC(C(C)CC)C1CCN(C(=O)OC(C)(C)C)C1. The van der Waals surface area contributed by atoms with Gasteiger partial charge in [-0.2, -0.15) is 0 Å². The Labute approximate surface area is 124 Å². The first-order valence-corrected chi connectivity index (χ1v) is 7.99. The van der Waals surface area contributed by atoms with Gasteiger partial charge in [-0.05, 0) is 45.6 Å². The van der Waals surface area contributed by atoms with Crippen LogP contribution >= 0.6 is 0 Å². The van der Waals surface area contributed by atoms with Crippen LogP contribution < -0.4 is 5.32 Å². The normalized spacial score (nSPS) is 22.7. The van der Waals surface area contributed by atoms with E-state index in [9.17, 15) is 4.79 Å². The molecular weight excluding hydrogens is 252 g/mol. The van der Waals surface area contributed by atoms with Crippen LogP contribution in [0.1, 0.15) is 54.4 Å². The van der Waals surface area contributed by atoms with E-state index in [0.29, 0.717) is 17.9 Å². The van der Waals surface area contributed by atoms with Crippen molar-refractivity contribution in [3.05, 3.63) is 0 Å². The molecule has 1 aliphatic heterocycles. The van der Waals surface area contributed by atoms with Gasteiger partial charge in [-0.1, -0.05) is 27.2 Å². The van der Waals surface area contributed by atoms with E-state index < -0.39 is 5.60 Å². The van der Waals surface area contributed by atoms with Crippen LogP contribution in [0.5, 0.6) is 0 Å². The van der Waals surface area contributed by atoms with E-state index in [1.807, 2.05) is 25.7 Å². The minimum absolute atomic E-state index is 0.167. The van der Waals surface area contributed by atoms with E-state index in [1.54, 1.807) is 0 Å². The van der Waals surface area contributed by atoms with Gasteiger partial charge in [-0.25, -0.2) is 4.79 Å². The molecule has 1 N–H and O–H groups in total. The Bertz CT molecular complexity index is 312. The Morgan fingerprint density at radius 2 is 2.05 bits per heavy atom. The van der Waals surface area contributed by atoms with Gasteiger partial charge in [-0.15, -0.1) is 0 Å². The maximum atomic E-state index is 12.1. The quantitative estimate of drug-likeness (QED) is 0.842. The molecule has 1 heterocycles. The predicted octanol–water partition coefficient (Wildman–Crippen LogP) is 3.27. The molecular formula is C16H32N2O2. The molecule has 0 saturated carbocycles. The molecule has 0 radical (unpaired) electrons. The van der Waals surface area contributed by atoms with Crippen molar-refractivity contribution in [2.24, 2.45) is 11.8 Å². The summed E-state index contributed by atoms with van der Waals surface area (Å²) < 4.78 is 5.46. The number of nitrogens with one attached hydrogen (secondary N) is 1. The van der Waals surface area contributed by atoms with Crippen LogP contribution in [0.3, 0.4) is 0 Å². The molecule has 1 aliphatic rings. The second-order valence-electron chi connectivity index (χ2n) is 6.94. The van der Waals surface area contributed by atoms with Crippen LogP contribution in [-0.4, -0.2) is 42.3 Å². The summed E-state index contributed by atoms with van der Waals surface area (Å²) in [5.74, 6) is 1.18. The van der Waals surface area contributed by atoms with Crippen molar-refractivity contribution in [2.45, 2.75) is 66.0 Å². The first-order chi connectivity index (χ1) is 9.28. The van der Waals surface area contributed by atoms with E-state index in [1.165, 1.54) is 6.42 Å². The van der Waals surface area contributed by atoms with Crippen LogP contribution in [-0.2, 0) is 4.74 Å². The molecule has 0 bridgehead atoms. The van der Waals surface area contributed by atoms with E-state index in [0.717, 1.165) is 26.1 Å². The van der Waals surface area contributed by atoms with Crippen molar-refractivity contribution in [1.82, 2.24) is 10.2 Å². The summed E-state index contributed by atoms with van der Waals surface area (Å²) in [6.07, 6.45) is 2.07. The van der Waals surface area contributed by atoms with Crippen molar-refractivity contribution in [1.29, 1.82) is 0 Å². The third-order valence-electron chi connectivity index (χ3n) is 4.08. The highest BCUT2D eigenvalue weighted by molar-refractivity contribution is 5.68. The molecule has 0 aromatic carbocycles. The second-order valence-corrected chi connectivity index (χ2v) is 6.94. The molecule has 4 heteroatoms. The lowest BCUT2D eigenvalue weighted by Crippen LogP contribution is -2.43. The Hall–Kier alpha value is -0.770. The summed E-state index contributed by atoms with van der Waals surface area (Å²) in [5.41, 5.74) is -0.410. The summed E-state index contributed by atoms with van der Waals surface area (Å²) in [7, 11) is 0. The number of hydrogen-bond acceptors (Lipinski definition) is 3. The second kappa shape index (κ2) is 7.30. The fourth-order valence-electron chi connectivity index (χ4n) is 2.89. The monoisotopic (exact) mass is 284 g/mol. The first kappa shape index (κ1) is 17.3. The largest absolute Gasteiger partial charge is 0.444 e. The van der Waals surface area contributed by atoms with Crippen molar-refractivity contribution >= 4 is 6.09 Å². The number of amides is 1. The van der Waals surface area contributed by atoms with Crippen LogP contribution in [0.4, 0.5) is 4.79 Å². The number of carbonyl (C=O) groups is 1. The van der Waals surface area contributed by atoms with Gasteiger partial charge < -0.3 is 15.0 Å². The number of hydrogen-bond donors (Lipinski definition) is 1. The van der Waals surface area contributed by atoms with Crippen LogP contribution in [0.2, 0.25) is 0 Å². The minimum atomic E-state index is -0.410. The fourth-order valence-corrected chi connectivity index (χ4v) is 2.89. The number of carbonyl (C=O) groups excluding carboxylic acids is 1. The lowest BCUT2D eigenvalue weighted by molar-refractivity contribution is 0.0283. The summed E-state index contributed by atoms with van der Waals surface area (Å²) in [6.45, 7) is 15.0. The highest BCUT2D eigenvalue weighted by atomic mass is 16.6. The zero-order chi connectivity index (χ0) is 15.3. The summed E-state index contributed by atoms with van der Waals surface area (Å²) in [6, 6.07) is 0.498. The molecule has 1 amide bonds. The van der Waals surface area contributed by atoms with Crippen molar-refractivity contribution in [3.63, 3.8) is 0 Å². The van der Waals surface area contributed by atoms with Crippen LogP contribution in [0.25, 0.3) is 0 Å². The molecule has 20 heavy (non-hydrogen) atoms.